The van der Waals surface area contributed by atoms with Gasteiger partial charge in [0.2, 0.25) is 0 Å². The second-order valence-electron chi connectivity index (χ2n) is 6.82. The molecule has 0 bridgehead atoms. The average Bonchev–Trinajstić information content (AvgIpc) is 2.35. The molecule has 0 atom stereocenters. The van der Waals surface area contributed by atoms with E-state index in [1.54, 1.807) is 6.04 Å². The van der Waals surface area contributed by atoms with Crippen LogP contribution in [0.15, 0.2) is 0 Å². The summed E-state index contributed by atoms with van der Waals surface area (Å²) in [5.41, 5.74) is 1.92. The van der Waals surface area contributed by atoms with Crippen molar-refractivity contribution in [1.29, 1.82) is 0 Å². The third-order valence-electron chi connectivity index (χ3n) is 4.30. The van der Waals surface area contributed by atoms with Gasteiger partial charge in [0.1, 0.15) is 0 Å². The smallest absolute Gasteiger partial charge is 0.0534 e. The molecular formula is C18H39Si. The predicted octanol–water partition coefficient (Wildman–Crippen LogP) is 7.22. The van der Waals surface area contributed by atoms with E-state index < -0.39 is 0 Å². The minimum atomic E-state index is -0.0858. The van der Waals surface area contributed by atoms with Crippen molar-refractivity contribution in [3.05, 3.63) is 0 Å². The van der Waals surface area contributed by atoms with E-state index >= 15 is 0 Å². The number of hydrogen-bond acceptors (Lipinski definition) is 0. The van der Waals surface area contributed by atoms with Gasteiger partial charge < -0.3 is 0 Å². The van der Waals surface area contributed by atoms with Crippen LogP contribution in [0.25, 0.3) is 0 Å². The van der Waals surface area contributed by atoms with Crippen LogP contribution in [0.5, 0.6) is 0 Å². The lowest BCUT2D eigenvalue weighted by molar-refractivity contribution is 0.561. The Morgan fingerprint density at radius 1 is 0.579 bits per heavy atom. The van der Waals surface area contributed by atoms with E-state index in [0.29, 0.717) is 0 Å². The van der Waals surface area contributed by atoms with Crippen LogP contribution < -0.4 is 0 Å². The van der Waals surface area contributed by atoms with Gasteiger partial charge in [-0.2, -0.15) is 0 Å². The Kier molecular flexibility index (Phi) is 13.4. The summed E-state index contributed by atoms with van der Waals surface area (Å²) in [6.45, 7) is 12.0. The van der Waals surface area contributed by atoms with Gasteiger partial charge in [0.25, 0.3) is 0 Å². The van der Waals surface area contributed by atoms with Crippen LogP contribution >= 0.6 is 0 Å². The lowest BCUT2D eigenvalue weighted by Crippen LogP contribution is -2.20. The van der Waals surface area contributed by atoms with Crippen LogP contribution in [-0.4, -0.2) is 8.80 Å². The molecule has 0 heterocycles. The van der Waals surface area contributed by atoms with Gasteiger partial charge in [-0.05, 0) is 0 Å². The SMILES string of the molecule is CCCCCCCCCCCC[Si](C(C)C)C(C)C. The van der Waals surface area contributed by atoms with Crippen molar-refractivity contribution in [2.24, 2.45) is 0 Å². The highest BCUT2D eigenvalue weighted by Crippen LogP contribution is 2.25. The zero-order valence-corrected chi connectivity index (χ0v) is 15.4. The minimum absolute atomic E-state index is 0.0858. The van der Waals surface area contributed by atoms with Crippen LogP contribution in [0.1, 0.15) is 98.8 Å². The summed E-state index contributed by atoms with van der Waals surface area (Å²) in [7, 11) is -0.0858. The standard InChI is InChI=1S/C18H39Si/c1-6-7-8-9-10-11-12-13-14-15-16-19(17(2)3)18(4)5/h17-18H,6-16H2,1-5H3. The van der Waals surface area contributed by atoms with Crippen molar-refractivity contribution in [1.82, 2.24) is 0 Å². The molecule has 0 aromatic rings. The molecule has 0 saturated carbocycles. The normalized spacial score (nSPS) is 12.0. The van der Waals surface area contributed by atoms with E-state index in [2.05, 4.69) is 34.6 Å². The highest BCUT2D eigenvalue weighted by Gasteiger charge is 2.18. The monoisotopic (exact) mass is 283 g/mol. The maximum Gasteiger partial charge on any atom is 0.0534 e. The van der Waals surface area contributed by atoms with Crippen molar-refractivity contribution >= 4 is 8.80 Å². The second-order valence-corrected chi connectivity index (χ2v) is 10.8. The number of hydrogen-bond donors (Lipinski definition) is 0. The Balaban J connectivity index is 3.30. The maximum absolute atomic E-state index is 2.44. The van der Waals surface area contributed by atoms with Crippen molar-refractivity contribution < 1.29 is 0 Å². The van der Waals surface area contributed by atoms with Gasteiger partial charge in [-0.1, -0.05) is 116 Å². The van der Waals surface area contributed by atoms with Gasteiger partial charge in [-0.25, -0.2) is 0 Å². The molecule has 0 aliphatic heterocycles. The molecule has 1 radical (unpaired) electrons. The fraction of sp³-hybridized carbons (Fsp3) is 1.00. The summed E-state index contributed by atoms with van der Waals surface area (Å²) < 4.78 is 0. The van der Waals surface area contributed by atoms with Crippen LogP contribution in [0.2, 0.25) is 17.1 Å². The Hall–Kier alpha value is 0.217. The van der Waals surface area contributed by atoms with Gasteiger partial charge in [0, 0.05) is 0 Å². The summed E-state index contributed by atoms with van der Waals surface area (Å²) in [4.78, 5) is 0. The second kappa shape index (κ2) is 13.2. The highest BCUT2D eigenvalue weighted by atomic mass is 28.3. The Morgan fingerprint density at radius 2 is 0.947 bits per heavy atom. The largest absolute Gasteiger partial charge is 0.0654 e. The van der Waals surface area contributed by atoms with Crippen LogP contribution in [0, 0.1) is 0 Å². The van der Waals surface area contributed by atoms with Crippen LogP contribution in [-0.2, 0) is 0 Å². The first-order chi connectivity index (χ1) is 9.09. The number of unbranched alkanes of at least 4 members (excludes halogenated alkanes) is 9. The third-order valence-corrected chi connectivity index (χ3v) is 8.20. The summed E-state index contributed by atoms with van der Waals surface area (Å²) in [5, 5.41) is 0. The minimum Gasteiger partial charge on any atom is -0.0654 e. The predicted molar refractivity (Wildman–Crippen MR) is 92.6 cm³/mol. The zero-order chi connectivity index (χ0) is 14.5. The molecule has 0 fully saturated rings. The lowest BCUT2D eigenvalue weighted by atomic mass is 10.1. The lowest BCUT2D eigenvalue weighted by Gasteiger charge is -2.22. The summed E-state index contributed by atoms with van der Waals surface area (Å²) in [6.07, 6.45) is 14.7. The average molecular weight is 284 g/mol. The fourth-order valence-corrected chi connectivity index (χ4v) is 6.21. The number of rotatable bonds is 13. The van der Waals surface area contributed by atoms with Crippen LogP contribution in [0.3, 0.4) is 0 Å². The van der Waals surface area contributed by atoms with Crippen molar-refractivity contribution in [3.63, 3.8) is 0 Å². The van der Waals surface area contributed by atoms with E-state index in [-0.39, 0.29) is 8.80 Å². The molecule has 0 aromatic heterocycles. The van der Waals surface area contributed by atoms with E-state index in [4.69, 9.17) is 0 Å². The molecule has 1 heteroatoms. The summed E-state index contributed by atoms with van der Waals surface area (Å²) in [5.74, 6) is 0. The molecule has 0 saturated heterocycles. The fourth-order valence-electron chi connectivity index (χ4n) is 3.06. The molecule has 0 unspecified atom stereocenters. The van der Waals surface area contributed by atoms with E-state index in [1.165, 1.54) is 64.2 Å². The van der Waals surface area contributed by atoms with Gasteiger partial charge >= 0.3 is 0 Å². The van der Waals surface area contributed by atoms with Crippen molar-refractivity contribution in [2.45, 2.75) is 116 Å². The first-order valence-corrected chi connectivity index (χ1v) is 10.8. The highest BCUT2D eigenvalue weighted by molar-refractivity contribution is 6.61. The molecule has 0 amide bonds. The van der Waals surface area contributed by atoms with Gasteiger partial charge in [0.15, 0.2) is 0 Å². The molecule has 0 aromatic carbocycles. The van der Waals surface area contributed by atoms with E-state index in [1.807, 2.05) is 0 Å². The first-order valence-electron chi connectivity index (χ1n) is 8.95. The van der Waals surface area contributed by atoms with E-state index in [9.17, 15) is 0 Å². The van der Waals surface area contributed by atoms with Gasteiger partial charge in [0.05, 0.1) is 8.80 Å². The molecule has 0 nitrogen and oxygen atoms in total. The van der Waals surface area contributed by atoms with Gasteiger partial charge in [-0.15, -0.1) is 0 Å². The topological polar surface area (TPSA) is 0 Å². The third kappa shape index (κ3) is 11.7. The molecule has 0 rings (SSSR count). The molecular weight excluding hydrogens is 244 g/mol. The van der Waals surface area contributed by atoms with Crippen LogP contribution in [0.4, 0.5) is 0 Å². The molecule has 115 valence electrons. The molecule has 19 heavy (non-hydrogen) atoms. The Labute approximate surface area is 125 Å². The summed E-state index contributed by atoms with van der Waals surface area (Å²) in [6, 6.07) is 1.55. The Bertz CT molecular complexity index is 167. The summed E-state index contributed by atoms with van der Waals surface area (Å²) >= 11 is 0. The zero-order valence-electron chi connectivity index (χ0n) is 14.4. The van der Waals surface area contributed by atoms with Crippen molar-refractivity contribution in [2.75, 3.05) is 0 Å². The Morgan fingerprint density at radius 3 is 1.32 bits per heavy atom. The molecule has 0 N–H and O–H groups in total. The molecule has 0 spiro atoms. The van der Waals surface area contributed by atoms with E-state index in [0.717, 1.165) is 11.1 Å². The van der Waals surface area contributed by atoms with Gasteiger partial charge in [-0.3, -0.25) is 0 Å². The molecule has 0 aliphatic rings. The maximum atomic E-state index is 2.44. The molecule has 0 aliphatic carbocycles. The quantitative estimate of drug-likeness (QED) is 0.247. The first kappa shape index (κ1) is 19.2. The van der Waals surface area contributed by atoms with Crippen molar-refractivity contribution in [3.8, 4) is 0 Å².